The van der Waals surface area contributed by atoms with Crippen LogP contribution in [0, 0.1) is 0 Å². The maximum Gasteiger partial charge on any atom is -0.00725 e. The Bertz CT molecular complexity index is 280. The molecular weight excluding hydrogens is 144 g/mol. The van der Waals surface area contributed by atoms with Gasteiger partial charge in [0.2, 0.25) is 0 Å². The number of allylic oxidation sites excluding steroid dienone is 2. The van der Waals surface area contributed by atoms with Crippen molar-refractivity contribution < 1.29 is 0 Å². The minimum atomic E-state index is 0.893. The quantitative estimate of drug-likeness (QED) is 0.589. The van der Waals surface area contributed by atoms with Crippen LogP contribution in [0.4, 0.5) is 0 Å². The zero-order chi connectivity index (χ0) is 8.97. The third kappa shape index (κ3) is 2.39. The fraction of sp³-hybridized carbons (Fsp3) is 0.167. The predicted octanol–water partition coefficient (Wildman–Crippen LogP) is 3.67. The number of benzene rings is 1. The number of rotatable bonds is 3. The Labute approximate surface area is 74.2 Å². The minimum Gasteiger partial charge on any atom is -0.0998 e. The van der Waals surface area contributed by atoms with Crippen LogP contribution in [0.5, 0.6) is 0 Å². The Morgan fingerprint density at radius 3 is 2.25 bits per heavy atom. The second-order valence-electron chi connectivity index (χ2n) is 3.10. The van der Waals surface area contributed by atoms with Gasteiger partial charge in [0.05, 0.1) is 0 Å². The molecule has 0 bridgehead atoms. The van der Waals surface area contributed by atoms with E-state index in [-0.39, 0.29) is 0 Å². The van der Waals surface area contributed by atoms with E-state index in [9.17, 15) is 0 Å². The normalized spacial score (nSPS) is 9.42. The molecule has 0 fully saturated rings. The first kappa shape index (κ1) is 8.79. The van der Waals surface area contributed by atoms with Gasteiger partial charge < -0.3 is 0 Å². The lowest BCUT2D eigenvalue weighted by atomic mass is 10.0. The van der Waals surface area contributed by atoms with Gasteiger partial charge in [-0.3, -0.25) is 0 Å². The maximum atomic E-state index is 4.00. The van der Waals surface area contributed by atoms with Gasteiger partial charge in [0.15, 0.2) is 0 Å². The van der Waals surface area contributed by atoms with E-state index in [0.29, 0.717) is 0 Å². The molecule has 0 aliphatic carbocycles. The van der Waals surface area contributed by atoms with Crippen LogP contribution >= 0.6 is 0 Å². The molecule has 1 aromatic carbocycles. The van der Waals surface area contributed by atoms with Crippen molar-refractivity contribution in [3.63, 3.8) is 0 Å². The second kappa shape index (κ2) is 3.91. The van der Waals surface area contributed by atoms with Crippen LogP contribution in [0.2, 0.25) is 0 Å². The molecule has 0 unspecified atom stereocenters. The van der Waals surface area contributed by atoms with Gasteiger partial charge in [-0.15, -0.1) is 0 Å². The summed E-state index contributed by atoms with van der Waals surface area (Å²) in [6.45, 7) is 9.89. The van der Waals surface area contributed by atoms with Crippen molar-refractivity contribution in [2.24, 2.45) is 0 Å². The highest BCUT2D eigenvalue weighted by molar-refractivity contribution is 5.64. The average Bonchev–Trinajstić information content (AvgIpc) is 2.05. The summed E-state index contributed by atoms with van der Waals surface area (Å²) in [5.74, 6) is 0. The van der Waals surface area contributed by atoms with Gasteiger partial charge >= 0.3 is 0 Å². The first-order valence-corrected chi connectivity index (χ1v) is 4.07. The minimum absolute atomic E-state index is 0.893. The molecule has 0 radical (unpaired) electrons. The van der Waals surface area contributed by atoms with Crippen LogP contribution in [0.1, 0.15) is 18.9 Å². The summed E-state index contributed by atoms with van der Waals surface area (Å²) in [7, 11) is 0. The van der Waals surface area contributed by atoms with E-state index in [2.05, 4.69) is 25.3 Å². The molecule has 0 heterocycles. The highest BCUT2D eigenvalue weighted by Gasteiger charge is 1.96. The third-order valence-corrected chi connectivity index (χ3v) is 1.70. The van der Waals surface area contributed by atoms with Crippen LogP contribution in [0.3, 0.4) is 0 Å². The summed E-state index contributed by atoms with van der Waals surface area (Å²) in [5, 5.41) is 0. The summed E-state index contributed by atoms with van der Waals surface area (Å²) >= 11 is 0. The smallest absolute Gasteiger partial charge is 0.00725 e. The summed E-state index contributed by atoms with van der Waals surface area (Å²) in [6.07, 6.45) is 0.893. The lowest BCUT2D eigenvalue weighted by molar-refractivity contribution is 1.24. The van der Waals surface area contributed by atoms with Crippen LogP contribution in [0.15, 0.2) is 49.1 Å². The fourth-order valence-electron chi connectivity index (χ4n) is 1.14. The Kier molecular flexibility index (Phi) is 2.87. The van der Waals surface area contributed by atoms with Gasteiger partial charge in [-0.25, -0.2) is 0 Å². The van der Waals surface area contributed by atoms with Crippen LogP contribution < -0.4 is 0 Å². The molecule has 62 valence electrons. The summed E-state index contributed by atoms with van der Waals surface area (Å²) in [4.78, 5) is 0. The number of hydrogen-bond donors (Lipinski definition) is 0. The van der Waals surface area contributed by atoms with E-state index in [0.717, 1.165) is 17.6 Å². The molecule has 0 heteroatoms. The average molecular weight is 158 g/mol. The van der Waals surface area contributed by atoms with Gasteiger partial charge in [-0.05, 0) is 24.5 Å². The highest BCUT2D eigenvalue weighted by Crippen LogP contribution is 2.18. The predicted molar refractivity (Wildman–Crippen MR) is 54.9 cm³/mol. The van der Waals surface area contributed by atoms with Crippen molar-refractivity contribution in [3.8, 4) is 0 Å². The molecule has 0 spiro atoms. The topological polar surface area (TPSA) is 0 Å². The van der Waals surface area contributed by atoms with Crippen molar-refractivity contribution >= 4 is 5.57 Å². The fourth-order valence-corrected chi connectivity index (χ4v) is 1.14. The largest absolute Gasteiger partial charge is 0.0998 e. The van der Waals surface area contributed by atoms with Gasteiger partial charge in [-0.1, -0.05) is 49.1 Å². The van der Waals surface area contributed by atoms with Crippen molar-refractivity contribution in [2.45, 2.75) is 13.3 Å². The first-order chi connectivity index (χ1) is 5.70. The molecule has 0 aromatic heterocycles. The lowest BCUT2D eigenvalue weighted by Gasteiger charge is -2.04. The monoisotopic (exact) mass is 158 g/mol. The zero-order valence-electron chi connectivity index (χ0n) is 7.51. The second-order valence-corrected chi connectivity index (χ2v) is 3.10. The van der Waals surface area contributed by atoms with Crippen molar-refractivity contribution in [1.29, 1.82) is 0 Å². The molecule has 1 aromatic rings. The first-order valence-electron chi connectivity index (χ1n) is 4.07. The van der Waals surface area contributed by atoms with Crippen LogP contribution in [0.25, 0.3) is 5.57 Å². The Morgan fingerprint density at radius 2 is 1.75 bits per heavy atom. The summed E-state index contributed by atoms with van der Waals surface area (Å²) in [5.41, 5.74) is 3.51. The summed E-state index contributed by atoms with van der Waals surface area (Å²) < 4.78 is 0. The van der Waals surface area contributed by atoms with Gasteiger partial charge in [0.1, 0.15) is 0 Å². The van der Waals surface area contributed by atoms with Gasteiger partial charge in [0.25, 0.3) is 0 Å². The van der Waals surface area contributed by atoms with E-state index >= 15 is 0 Å². The van der Waals surface area contributed by atoms with Crippen molar-refractivity contribution in [1.82, 2.24) is 0 Å². The third-order valence-electron chi connectivity index (χ3n) is 1.70. The number of hydrogen-bond acceptors (Lipinski definition) is 0. The Balaban J connectivity index is 2.73. The molecule has 12 heavy (non-hydrogen) atoms. The van der Waals surface area contributed by atoms with Crippen LogP contribution in [-0.4, -0.2) is 0 Å². The van der Waals surface area contributed by atoms with Gasteiger partial charge in [0, 0.05) is 0 Å². The molecular formula is C12H14. The van der Waals surface area contributed by atoms with E-state index < -0.39 is 0 Å². The Hall–Kier alpha value is -1.30. The van der Waals surface area contributed by atoms with E-state index in [1.54, 1.807) is 0 Å². The standard InChI is InChI=1S/C12H14/c1-10(2)9-11(3)12-7-5-4-6-8-12/h4-8H,1,3,9H2,2H3. The van der Waals surface area contributed by atoms with E-state index in [1.807, 2.05) is 25.1 Å². The molecule has 1 rings (SSSR count). The molecule has 0 atom stereocenters. The zero-order valence-corrected chi connectivity index (χ0v) is 7.51. The van der Waals surface area contributed by atoms with E-state index in [1.165, 1.54) is 5.56 Å². The van der Waals surface area contributed by atoms with Crippen molar-refractivity contribution in [3.05, 3.63) is 54.6 Å². The molecule has 0 aliphatic heterocycles. The van der Waals surface area contributed by atoms with E-state index in [4.69, 9.17) is 0 Å². The van der Waals surface area contributed by atoms with Crippen LogP contribution in [-0.2, 0) is 0 Å². The molecule has 0 aliphatic rings. The highest BCUT2D eigenvalue weighted by atomic mass is 14.0. The summed E-state index contributed by atoms with van der Waals surface area (Å²) in [6, 6.07) is 10.2. The molecule has 0 amide bonds. The van der Waals surface area contributed by atoms with Crippen molar-refractivity contribution in [2.75, 3.05) is 0 Å². The molecule has 0 saturated carbocycles. The van der Waals surface area contributed by atoms with Gasteiger partial charge in [-0.2, -0.15) is 0 Å². The SMILES string of the molecule is C=C(C)CC(=C)c1ccccc1. The Morgan fingerprint density at radius 1 is 1.17 bits per heavy atom. The lowest BCUT2D eigenvalue weighted by Crippen LogP contribution is -1.82. The molecule has 0 nitrogen and oxygen atoms in total. The molecule has 0 saturated heterocycles. The molecule has 0 N–H and O–H groups in total. The maximum absolute atomic E-state index is 4.00.